The maximum atomic E-state index is 12.1. The summed E-state index contributed by atoms with van der Waals surface area (Å²) >= 11 is 0. The molecule has 0 bridgehead atoms. The van der Waals surface area contributed by atoms with E-state index in [0.29, 0.717) is 12.8 Å². The van der Waals surface area contributed by atoms with Crippen LogP contribution in [0.3, 0.4) is 0 Å². The van der Waals surface area contributed by atoms with Gasteiger partial charge in [-0.15, -0.1) is 0 Å². The van der Waals surface area contributed by atoms with Crippen molar-refractivity contribution < 1.29 is 26.7 Å². The Morgan fingerprint density at radius 1 is 1.37 bits per heavy atom. The van der Waals surface area contributed by atoms with E-state index in [-0.39, 0.29) is 24.3 Å². The van der Waals surface area contributed by atoms with Gasteiger partial charge in [-0.05, 0) is 25.7 Å². The first-order valence-corrected chi connectivity index (χ1v) is 9.46. The molecule has 2 N–H and O–H groups in total. The Labute approximate surface area is 112 Å². The molecule has 7 nitrogen and oxygen atoms in total. The minimum atomic E-state index is -3.79. The Hall–Kier alpha value is -0.670. The van der Waals surface area contributed by atoms with Crippen LogP contribution in [0.4, 0.5) is 0 Å². The van der Waals surface area contributed by atoms with Gasteiger partial charge in [0.25, 0.3) is 0 Å². The van der Waals surface area contributed by atoms with Crippen LogP contribution >= 0.6 is 0 Å². The van der Waals surface area contributed by atoms with Crippen molar-refractivity contribution in [3.8, 4) is 0 Å². The van der Waals surface area contributed by atoms with E-state index in [1.165, 1.54) is 0 Å². The summed E-state index contributed by atoms with van der Waals surface area (Å²) in [5.74, 6) is -1.54. The third-order valence-electron chi connectivity index (χ3n) is 3.79. The lowest BCUT2D eigenvalue weighted by Gasteiger charge is -2.41. The van der Waals surface area contributed by atoms with Crippen LogP contribution in [-0.4, -0.2) is 50.2 Å². The molecule has 19 heavy (non-hydrogen) atoms. The van der Waals surface area contributed by atoms with Crippen molar-refractivity contribution in [2.75, 3.05) is 11.5 Å². The van der Waals surface area contributed by atoms with Crippen molar-refractivity contribution in [2.45, 2.75) is 42.9 Å². The Morgan fingerprint density at radius 2 is 2.00 bits per heavy atom. The second kappa shape index (κ2) is 4.71. The predicted octanol–water partition coefficient (Wildman–Crippen LogP) is -0.510. The topological polar surface area (TPSA) is 118 Å². The van der Waals surface area contributed by atoms with E-state index in [0.717, 1.165) is 6.42 Å². The molecule has 2 fully saturated rings. The maximum Gasteiger partial charge on any atom is 0.305 e. The quantitative estimate of drug-likeness (QED) is 0.706. The summed E-state index contributed by atoms with van der Waals surface area (Å²) in [5, 5.41) is 7.87. The molecule has 0 aromatic heterocycles. The largest absolute Gasteiger partial charge is 0.481 e. The molecule has 1 aliphatic carbocycles. The van der Waals surface area contributed by atoms with Crippen molar-refractivity contribution >= 4 is 25.8 Å². The molecule has 1 aliphatic heterocycles. The van der Waals surface area contributed by atoms with Crippen LogP contribution < -0.4 is 4.72 Å². The Kier molecular flexibility index (Phi) is 3.65. The normalized spacial score (nSPS) is 28.7. The molecule has 0 spiro atoms. The number of sulfone groups is 1. The Morgan fingerprint density at radius 3 is 2.37 bits per heavy atom. The summed E-state index contributed by atoms with van der Waals surface area (Å²) in [7, 11) is -7.07. The van der Waals surface area contributed by atoms with Gasteiger partial charge in [0.15, 0.2) is 9.84 Å². The number of hydrogen-bond acceptors (Lipinski definition) is 5. The molecule has 2 rings (SSSR count). The standard InChI is InChI=1S/C10H17NO6S2/c12-9(13)6-10(3-1-4-10)11-19(16,17)8-2-5-18(14,15)7-8/h8,11H,1-7H2,(H,12,13). The molecular formula is C10H17NO6S2. The van der Waals surface area contributed by atoms with Gasteiger partial charge >= 0.3 is 5.97 Å². The van der Waals surface area contributed by atoms with E-state index in [1.54, 1.807) is 0 Å². The predicted molar refractivity (Wildman–Crippen MR) is 67.9 cm³/mol. The van der Waals surface area contributed by atoms with Crippen molar-refractivity contribution in [3.05, 3.63) is 0 Å². The lowest BCUT2D eigenvalue weighted by atomic mass is 9.75. The van der Waals surface area contributed by atoms with E-state index < -0.39 is 36.6 Å². The van der Waals surface area contributed by atoms with Gasteiger partial charge in [0.2, 0.25) is 10.0 Å². The van der Waals surface area contributed by atoms with Gasteiger partial charge < -0.3 is 5.11 Å². The van der Waals surface area contributed by atoms with Gasteiger partial charge in [-0.25, -0.2) is 21.6 Å². The molecule has 1 heterocycles. The molecule has 1 saturated carbocycles. The number of carbonyl (C=O) groups is 1. The van der Waals surface area contributed by atoms with Crippen LogP contribution in [0.2, 0.25) is 0 Å². The van der Waals surface area contributed by atoms with Crippen LogP contribution in [0.15, 0.2) is 0 Å². The van der Waals surface area contributed by atoms with Crippen LogP contribution in [0.25, 0.3) is 0 Å². The Balaban J connectivity index is 2.11. The van der Waals surface area contributed by atoms with Gasteiger partial charge in [-0.1, -0.05) is 0 Å². The summed E-state index contributed by atoms with van der Waals surface area (Å²) in [5.41, 5.74) is -0.920. The molecule has 9 heteroatoms. The van der Waals surface area contributed by atoms with Crippen LogP contribution in [0.1, 0.15) is 32.1 Å². The van der Waals surface area contributed by atoms with Gasteiger partial charge in [-0.3, -0.25) is 4.79 Å². The molecule has 1 saturated heterocycles. The molecule has 0 aromatic rings. The van der Waals surface area contributed by atoms with E-state index in [4.69, 9.17) is 5.11 Å². The van der Waals surface area contributed by atoms with Gasteiger partial charge in [0.1, 0.15) is 0 Å². The molecule has 1 unspecified atom stereocenters. The van der Waals surface area contributed by atoms with Crippen LogP contribution in [0, 0.1) is 0 Å². The highest BCUT2D eigenvalue weighted by molar-refractivity contribution is 7.95. The lowest BCUT2D eigenvalue weighted by molar-refractivity contribution is -0.139. The third kappa shape index (κ3) is 3.26. The first kappa shape index (κ1) is 14.7. The fraction of sp³-hybridized carbons (Fsp3) is 0.900. The zero-order chi connectivity index (χ0) is 14.3. The van der Waals surface area contributed by atoms with Gasteiger partial charge in [0, 0.05) is 5.54 Å². The van der Waals surface area contributed by atoms with Crippen LogP contribution in [-0.2, 0) is 24.7 Å². The van der Waals surface area contributed by atoms with Gasteiger partial charge in [-0.2, -0.15) is 0 Å². The fourth-order valence-electron chi connectivity index (χ4n) is 2.60. The van der Waals surface area contributed by atoms with E-state index in [1.807, 2.05) is 0 Å². The van der Waals surface area contributed by atoms with Crippen molar-refractivity contribution in [2.24, 2.45) is 0 Å². The highest BCUT2D eigenvalue weighted by Gasteiger charge is 2.46. The second-order valence-corrected chi connectivity index (χ2v) is 9.57. The smallest absolute Gasteiger partial charge is 0.305 e. The molecule has 2 aliphatic rings. The number of rotatable bonds is 5. The van der Waals surface area contributed by atoms with Crippen molar-refractivity contribution in [3.63, 3.8) is 0 Å². The lowest BCUT2D eigenvalue weighted by Crippen LogP contribution is -2.56. The zero-order valence-corrected chi connectivity index (χ0v) is 12.0. The fourth-order valence-corrected chi connectivity index (χ4v) is 7.10. The minimum absolute atomic E-state index is 0.0841. The van der Waals surface area contributed by atoms with Crippen LogP contribution in [0.5, 0.6) is 0 Å². The average Bonchev–Trinajstić information content (AvgIpc) is 2.55. The maximum absolute atomic E-state index is 12.1. The molecule has 0 amide bonds. The summed E-state index contributed by atoms with van der Waals surface area (Å²) in [6.07, 6.45) is 1.57. The van der Waals surface area contributed by atoms with E-state index >= 15 is 0 Å². The summed E-state index contributed by atoms with van der Waals surface area (Å²) in [4.78, 5) is 10.8. The number of sulfonamides is 1. The number of nitrogens with one attached hydrogen (secondary N) is 1. The first-order valence-electron chi connectivity index (χ1n) is 6.09. The summed E-state index contributed by atoms with van der Waals surface area (Å²) in [6, 6.07) is 0. The summed E-state index contributed by atoms with van der Waals surface area (Å²) < 4.78 is 49.4. The molecule has 1 atom stereocenters. The molecule has 110 valence electrons. The number of carboxylic acid groups (broad SMARTS) is 1. The molecule has 0 aromatic carbocycles. The monoisotopic (exact) mass is 311 g/mol. The average molecular weight is 311 g/mol. The number of hydrogen-bond donors (Lipinski definition) is 2. The number of aliphatic carboxylic acids is 1. The third-order valence-corrected chi connectivity index (χ3v) is 7.77. The second-order valence-electron chi connectivity index (χ2n) is 5.38. The molecule has 0 radical (unpaired) electrons. The minimum Gasteiger partial charge on any atom is -0.481 e. The Bertz CT molecular complexity index is 575. The van der Waals surface area contributed by atoms with Crippen molar-refractivity contribution in [1.82, 2.24) is 4.72 Å². The SMILES string of the molecule is O=C(O)CC1(NS(=O)(=O)C2CCS(=O)(=O)C2)CCC1. The zero-order valence-electron chi connectivity index (χ0n) is 10.3. The summed E-state index contributed by atoms with van der Waals surface area (Å²) in [6.45, 7) is 0. The number of carboxylic acids is 1. The van der Waals surface area contributed by atoms with E-state index in [2.05, 4.69) is 4.72 Å². The highest BCUT2D eigenvalue weighted by Crippen LogP contribution is 2.36. The van der Waals surface area contributed by atoms with Gasteiger partial charge in [0.05, 0.1) is 23.2 Å². The highest BCUT2D eigenvalue weighted by atomic mass is 32.2. The molecular weight excluding hydrogens is 294 g/mol. The van der Waals surface area contributed by atoms with E-state index in [9.17, 15) is 21.6 Å². The van der Waals surface area contributed by atoms with Crippen molar-refractivity contribution in [1.29, 1.82) is 0 Å². The first-order chi connectivity index (χ1) is 8.64.